The summed E-state index contributed by atoms with van der Waals surface area (Å²) in [7, 11) is 0. The normalized spacial score (nSPS) is 10.9. The molecule has 0 aliphatic carbocycles. The van der Waals surface area contributed by atoms with Gasteiger partial charge in [0, 0.05) is 23.3 Å². The maximum atomic E-state index is 9.51. The highest BCUT2D eigenvalue weighted by Gasteiger charge is 2.09. The number of rotatable bonds is 3. The Labute approximate surface area is 120 Å². The second-order valence-electron chi connectivity index (χ2n) is 4.45. The van der Waals surface area contributed by atoms with Gasteiger partial charge in [0.2, 0.25) is 0 Å². The molecule has 20 heavy (non-hydrogen) atoms. The van der Waals surface area contributed by atoms with Gasteiger partial charge in [-0.05, 0) is 36.4 Å². The number of pyridine rings is 1. The minimum absolute atomic E-state index is 0.0496. The Balaban J connectivity index is 2.03. The second kappa shape index (κ2) is 5.56. The lowest BCUT2D eigenvalue weighted by molar-refractivity contribution is 0.278. The monoisotopic (exact) mass is 283 g/mol. The third-order valence-electron chi connectivity index (χ3n) is 2.88. The van der Waals surface area contributed by atoms with Crippen LogP contribution in [0.3, 0.4) is 0 Å². The fourth-order valence-corrected chi connectivity index (χ4v) is 2.65. The standard InChI is InChI=1S/C15H13N3OS/c1-10-7-16-15(17-8-10)20-14-12(9-19)6-11-4-2-3-5-13(11)18-14/h2-8,19H,9H2,1H3. The summed E-state index contributed by atoms with van der Waals surface area (Å²) in [6.45, 7) is 1.90. The molecule has 0 saturated carbocycles. The molecule has 0 unspecified atom stereocenters. The number of fused-ring (bicyclic) bond motifs is 1. The molecule has 0 aliphatic heterocycles. The van der Waals surface area contributed by atoms with E-state index in [4.69, 9.17) is 0 Å². The van der Waals surface area contributed by atoms with Gasteiger partial charge in [-0.1, -0.05) is 18.2 Å². The number of aryl methyl sites for hydroxylation is 1. The molecule has 0 radical (unpaired) electrons. The van der Waals surface area contributed by atoms with Crippen LogP contribution in [-0.4, -0.2) is 20.1 Å². The Hall–Kier alpha value is -1.98. The molecule has 2 aromatic heterocycles. The van der Waals surface area contributed by atoms with E-state index in [1.165, 1.54) is 11.8 Å². The van der Waals surface area contributed by atoms with Crippen molar-refractivity contribution in [2.45, 2.75) is 23.7 Å². The molecule has 3 rings (SSSR count). The van der Waals surface area contributed by atoms with Gasteiger partial charge in [-0.15, -0.1) is 0 Å². The molecule has 0 atom stereocenters. The van der Waals surface area contributed by atoms with Crippen molar-refractivity contribution in [3.63, 3.8) is 0 Å². The topological polar surface area (TPSA) is 58.9 Å². The minimum atomic E-state index is -0.0496. The van der Waals surface area contributed by atoms with Crippen LogP contribution in [0, 0.1) is 6.92 Å². The first kappa shape index (κ1) is 13.0. The van der Waals surface area contributed by atoms with E-state index in [-0.39, 0.29) is 6.61 Å². The van der Waals surface area contributed by atoms with Crippen molar-refractivity contribution in [3.05, 3.63) is 53.9 Å². The van der Waals surface area contributed by atoms with Crippen LogP contribution < -0.4 is 0 Å². The van der Waals surface area contributed by atoms with Crippen molar-refractivity contribution < 1.29 is 5.11 Å². The van der Waals surface area contributed by atoms with Crippen molar-refractivity contribution in [3.8, 4) is 0 Å². The van der Waals surface area contributed by atoms with Crippen LogP contribution in [0.1, 0.15) is 11.1 Å². The summed E-state index contributed by atoms with van der Waals surface area (Å²) in [5.41, 5.74) is 2.71. The molecule has 0 fully saturated rings. The predicted octanol–water partition coefficient (Wildman–Crippen LogP) is 2.98. The molecule has 0 bridgehead atoms. The van der Waals surface area contributed by atoms with Gasteiger partial charge in [-0.2, -0.15) is 0 Å². The lowest BCUT2D eigenvalue weighted by Crippen LogP contribution is -1.94. The smallest absolute Gasteiger partial charge is 0.193 e. The van der Waals surface area contributed by atoms with E-state index in [0.717, 1.165) is 27.1 Å². The maximum Gasteiger partial charge on any atom is 0.193 e. The van der Waals surface area contributed by atoms with E-state index in [1.54, 1.807) is 12.4 Å². The molecular formula is C15H13N3OS. The molecule has 1 N–H and O–H groups in total. The Kier molecular flexibility index (Phi) is 3.62. The number of aliphatic hydroxyl groups is 1. The molecule has 4 nitrogen and oxygen atoms in total. The summed E-state index contributed by atoms with van der Waals surface area (Å²) in [5, 5.41) is 11.9. The number of hydrogen-bond donors (Lipinski definition) is 1. The van der Waals surface area contributed by atoms with E-state index in [9.17, 15) is 5.11 Å². The molecule has 1 aromatic carbocycles. The zero-order valence-electron chi connectivity index (χ0n) is 10.9. The molecule has 2 heterocycles. The zero-order valence-corrected chi connectivity index (χ0v) is 11.8. The molecule has 5 heteroatoms. The fraction of sp³-hybridized carbons (Fsp3) is 0.133. The van der Waals surface area contributed by atoms with E-state index in [0.29, 0.717) is 5.16 Å². The summed E-state index contributed by atoms with van der Waals surface area (Å²) in [6, 6.07) is 9.81. The Morgan fingerprint density at radius 1 is 1.15 bits per heavy atom. The molecule has 0 aliphatic rings. The molecule has 0 spiro atoms. The lowest BCUT2D eigenvalue weighted by Gasteiger charge is -2.07. The fourth-order valence-electron chi connectivity index (χ4n) is 1.86. The number of aliphatic hydroxyl groups excluding tert-OH is 1. The largest absolute Gasteiger partial charge is 0.392 e. The summed E-state index contributed by atoms with van der Waals surface area (Å²) >= 11 is 1.37. The van der Waals surface area contributed by atoms with Crippen LogP contribution in [-0.2, 0) is 6.61 Å². The van der Waals surface area contributed by atoms with Crippen LogP contribution in [0.25, 0.3) is 10.9 Å². The van der Waals surface area contributed by atoms with E-state index >= 15 is 0 Å². The van der Waals surface area contributed by atoms with Gasteiger partial charge in [-0.3, -0.25) is 0 Å². The predicted molar refractivity (Wildman–Crippen MR) is 78.6 cm³/mol. The van der Waals surface area contributed by atoms with Gasteiger partial charge < -0.3 is 5.11 Å². The van der Waals surface area contributed by atoms with Crippen molar-refractivity contribution in [2.24, 2.45) is 0 Å². The quantitative estimate of drug-likeness (QED) is 0.749. The highest BCUT2D eigenvalue weighted by molar-refractivity contribution is 7.99. The van der Waals surface area contributed by atoms with Gasteiger partial charge in [0.25, 0.3) is 0 Å². The SMILES string of the molecule is Cc1cnc(Sc2nc3ccccc3cc2CO)nc1. The number of hydrogen-bond acceptors (Lipinski definition) is 5. The van der Waals surface area contributed by atoms with Crippen molar-refractivity contribution >= 4 is 22.7 Å². The van der Waals surface area contributed by atoms with Gasteiger partial charge in [0.15, 0.2) is 5.16 Å². The molecular weight excluding hydrogens is 270 g/mol. The van der Waals surface area contributed by atoms with Gasteiger partial charge >= 0.3 is 0 Å². The first-order valence-electron chi connectivity index (χ1n) is 6.22. The minimum Gasteiger partial charge on any atom is -0.392 e. The number of para-hydroxylation sites is 1. The Morgan fingerprint density at radius 3 is 2.65 bits per heavy atom. The Morgan fingerprint density at radius 2 is 1.90 bits per heavy atom. The number of nitrogens with zero attached hydrogens (tertiary/aromatic N) is 3. The van der Waals surface area contributed by atoms with Gasteiger partial charge in [0.1, 0.15) is 5.03 Å². The average molecular weight is 283 g/mol. The van der Waals surface area contributed by atoms with Crippen molar-refractivity contribution in [1.29, 1.82) is 0 Å². The Bertz CT molecular complexity index is 744. The summed E-state index contributed by atoms with van der Waals surface area (Å²) < 4.78 is 0. The lowest BCUT2D eigenvalue weighted by atomic mass is 10.2. The van der Waals surface area contributed by atoms with Crippen LogP contribution in [0.2, 0.25) is 0 Å². The zero-order chi connectivity index (χ0) is 13.9. The number of benzene rings is 1. The summed E-state index contributed by atoms with van der Waals surface area (Å²) in [4.78, 5) is 13.1. The summed E-state index contributed by atoms with van der Waals surface area (Å²) in [6.07, 6.45) is 3.55. The third kappa shape index (κ3) is 2.64. The molecule has 0 amide bonds. The van der Waals surface area contributed by atoms with E-state index < -0.39 is 0 Å². The molecule has 3 aromatic rings. The van der Waals surface area contributed by atoms with E-state index in [2.05, 4.69) is 15.0 Å². The first-order valence-corrected chi connectivity index (χ1v) is 7.04. The highest BCUT2D eigenvalue weighted by atomic mass is 32.2. The van der Waals surface area contributed by atoms with Gasteiger partial charge in [0.05, 0.1) is 12.1 Å². The highest BCUT2D eigenvalue weighted by Crippen LogP contribution is 2.28. The molecule has 0 saturated heterocycles. The van der Waals surface area contributed by atoms with Crippen molar-refractivity contribution in [2.75, 3.05) is 0 Å². The number of aromatic nitrogens is 3. The third-order valence-corrected chi connectivity index (χ3v) is 3.82. The average Bonchev–Trinajstić information content (AvgIpc) is 2.49. The first-order chi connectivity index (χ1) is 9.76. The van der Waals surface area contributed by atoms with Crippen LogP contribution >= 0.6 is 11.8 Å². The van der Waals surface area contributed by atoms with Gasteiger partial charge in [-0.25, -0.2) is 15.0 Å². The van der Waals surface area contributed by atoms with Crippen molar-refractivity contribution in [1.82, 2.24) is 15.0 Å². The second-order valence-corrected chi connectivity index (χ2v) is 5.40. The van der Waals surface area contributed by atoms with E-state index in [1.807, 2.05) is 37.3 Å². The summed E-state index contributed by atoms with van der Waals surface area (Å²) in [5.74, 6) is 0. The molecule has 100 valence electrons. The van der Waals surface area contributed by atoms with Crippen LogP contribution in [0.5, 0.6) is 0 Å². The van der Waals surface area contributed by atoms with Crippen LogP contribution in [0.4, 0.5) is 0 Å². The maximum absolute atomic E-state index is 9.51. The van der Waals surface area contributed by atoms with Crippen LogP contribution in [0.15, 0.2) is 52.9 Å².